The normalized spacial score (nSPS) is 29.8. The minimum atomic E-state index is -6.20. The van der Waals surface area contributed by atoms with E-state index in [1.165, 1.54) is 83.6 Å². The first-order chi connectivity index (χ1) is 70.1. The molecule has 814 valence electrons. The van der Waals surface area contributed by atoms with E-state index in [-0.39, 0.29) is 122 Å². The first-order valence-electron chi connectivity index (χ1n) is 45.2. The third-order valence-corrected chi connectivity index (χ3v) is 30.6. The average Bonchev–Trinajstić information content (AvgIpc) is 1.52. The molecule has 8 aromatic heterocycles. The second-order valence-corrected chi connectivity index (χ2v) is 44.7. The molecule has 29 atom stereocenters. The van der Waals surface area contributed by atoms with Crippen LogP contribution in [0.5, 0.6) is 0 Å². The number of nitrogen functional groups attached to an aromatic ring is 4. The number of phosphoric acid groups is 2. The van der Waals surface area contributed by atoms with Gasteiger partial charge in [0.1, 0.15) is 164 Å². The Hall–Kier alpha value is -7.72. The van der Waals surface area contributed by atoms with Crippen LogP contribution in [0, 0.1) is 20.8 Å². The molecule has 8 aromatic rings. The highest BCUT2D eigenvalue weighted by atomic mass is 32.7. The molecule has 12 unspecified atom stereocenters. The Morgan fingerprint density at radius 3 is 1.33 bits per heavy atom. The number of aliphatic hydroxyl groups is 1. The van der Waals surface area contributed by atoms with Gasteiger partial charge in [-0.05, 0) is 27.2 Å². The van der Waals surface area contributed by atoms with E-state index >= 15 is 28.4 Å². The van der Waals surface area contributed by atoms with Gasteiger partial charge in [0.25, 0.3) is 21.2 Å². The van der Waals surface area contributed by atoms with Crippen molar-refractivity contribution in [1.82, 2.24) is 77.2 Å². The van der Waals surface area contributed by atoms with Crippen molar-refractivity contribution in [3.63, 3.8) is 0 Å². The summed E-state index contributed by atoms with van der Waals surface area (Å²) in [5.41, 5.74) is 33.7. The number of nitrogens with zero attached hydrogens (tertiary/aromatic N) is 16. The number of aromatic amines is 1. The number of rotatable bonds is 53. The van der Waals surface area contributed by atoms with Gasteiger partial charge in [-0.2, -0.15) is 9.97 Å². The molecule has 0 spiro atoms. The maximum Gasteiger partial charge on any atom is 0.351 e. The molecule has 15 N–H and O–H groups in total. The molecule has 0 bridgehead atoms. The second kappa shape index (κ2) is 49.1. The zero-order valence-electron chi connectivity index (χ0n) is 79.8. The number of nitrogens with one attached hydrogen (secondary N) is 2. The number of imidazole rings is 3. The molecule has 15 heterocycles. The summed E-state index contributed by atoms with van der Waals surface area (Å²) in [6.07, 6.45) is -28.0. The lowest BCUT2D eigenvalue weighted by Gasteiger charge is -2.36. The van der Waals surface area contributed by atoms with Gasteiger partial charge in [-0.1, -0.05) is 37.0 Å². The number of hydrogen-bond acceptors (Lipinski definition) is 58. The Bertz CT molecular complexity index is 6440. The zero-order chi connectivity index (χ0) is 105. The number of methoxy groups -OCH3 is 5. The topological polar surface area (TPSA) is 814 Å². The van der Waals surface area contributed by atoms with Crippen LogP contribution in [0.15, 0.2) is 74.4 Å². The van der Waals surface area contributed by atoms with Gasteiger partial charge < -0.3 is 198 Å². The molecule has 147 heavy (non-hydrogen) atoms. The molecule has 15 rings (SSSR count). The van der Waals surface area contributed by atoms with E-state index in [4.69, 9.17) is 191 Å². The van der Waals surface area contributed by atoms with Gasteiger partial charge in [-0.3, -0.25) is 50.9 Å². The summed E-state index contributed by atoms with van der Waals surface area (Å²) in [6.45, 7) is -16.6. The predicted octanol–water partition coefficient (Wildman–Crippen LogP) is -3.56. The largest absolute Gasteiger partial charge is 0.780 e. The molecule has 0 aliphatic carbocycles. The molecular weight excluding hydrogens is 2120 g/mol. The van der Waals surface area contributed by atoms with E-state index in [1.807, 2.05) is 6.92 Å². The third-order valence-electron chi connectivity index (χ3n) is 24.0. The number of H-pyrrole nitrogens is 1. The van der Waals surface area contributed by atoms with Gasteiger partial charge in [0, 0.05) is 77.3 Å². The number of aliphatic hydroxyl groups excluding tert-OH is 1. The van der Waals surface area contributed by atoms with Crippen molar-refractivity contribution >= 4 is 129 Å². The van der Waals surface area contributed by atoms with Crippen molar-refractivity contribution in [2.75, 3.05) is 163 Å². The fraction of sp³-hybridized carbons (Fsp3) is 0.662. The summed E-state index contributed by atoms with van der Waals surface area (Å²) in [7, 11) is -5.60. The molecule has 7 aliphatic heterocycles. The number of anilines is 5. The molecule has 0 aromatic carbocycles. The summed E-state index contributed by atoms with van der Waals surface area (Å²) in [5.74, 6) is -0.137. The number of fused-ring (bicyclic) bond motifs is 3. The van der Waals surface area contributed by atoms with Crippen molar-refractivity contribution in [3.05, 3.63) is 114 Å². The quantitative estimate of drug-likeness (QED) is 0.0101. The molecule has 70 heteroatoms. The first-order valence-corrected chi connectivity index (χ1v) is 55.8. The van der Waals surface area contributed by atoms with E-state index in [0.717, 1.165) is 38.9 Å². The minimum Gasteiger partial charge on any atom is -0.780 e. The lowest BCUT2D eigenvalue weighted by molar-refractivity contribution is -0.241. The summed E-state index contributed by atoms with van der Waals surface area (Å²) < 4.78 is 209. The molecule has 0 radical (unpaired) electrons. The summed E-state index contributed by atoms with van der Waals surface area (Å²) in [5, 5.41) is 14.8. The lowest BCUT2D eigenvalue weighted by atomic mass is 10.1. The highest BCUT2D eigenvalue weighted by Crippen LogP contribution is 2.57. The van der Waals surface area contributed by atoms with Gasteiger partial charge in [-0.25, -0.2) is 54.3 Å². The van der Waals surface area contributed by atoms with Crippen LogP contribution in [0.25, 0.3) is 22.3 Å². The van der Waals surface area contributed by atoms with Crippen molar-refractivity contribution in [3.8, 4) is 0 Å². The fourth-order valence-corrected chi connectivity index (χ4v) is 23.3. The standard InChI is InChI=1S/C77H115N24O38P5S3/c1-10-11-39-40(22-46(129-39)99-33-88-49-64(82)91-74(83)94-67(49)99)135-142(111,145)127-29-44-52(56(120-18-13-115-6)70(132-44)97-24-37(3)61(79)93-76(97)105)137-140(107,108)124-27-42-51(57(121-19-14-116-7)72(133-42)100-34-89-47-62(80)84-31-86-65(47)100)136-141(109,110)125-28-43-53(58(122-20-15-117-8)71(131-43)98-25-38(4)68(103)95-77(98)106)138-144(113,147)128-30-45-54(59(123-21-16-118-9)73(134-45)101-35-90-48-63(81)85-32-87-66(48)101)139-143(112,146)126-26-41-50(102)55(119-17-12-114-5)69(130-41)96-23-36(2)60(78)92-75(96)104/h23-25,31-35,39-46,50-59,64,69-73,102H,10-22,26-30,82H2,1-9H3,(H,107,108)(H,109,110)(H,111,145)(H,112,146)(H,113,147)(H2,78,92,104)(H2,79,93,105)(H2,80,84,86)(H2,81,85,87)(H3,83,91,94)(H,95,103,106)/p-5/t39-,40?,41-,42-,43-,44-,45-,46-,50?,51?,52?,53?,54?,55+,56+,57+,58+,59+,64?,69-,70-,71-,72-,73-,142?,143?,144?/m1/s1. The molecule has 62 nitrogen and oxygen atoms in total. The van der Waals surface area contributed by atoms with Crippen LogP contribution in [0.1, 0.15) is 92.1 Å². The Labute approximate surface area is 849 Å². The Morgan fingerprint density at radius 1 is 0.463 bits per heavy atom. The number of aryl methyl sites for hydroxylation is 3. The monoisotopic (exact) mass is 2230 g/mol. The first kappa shape index (κ1) is 113. The summed E-state index contributed by atoms with van der Waals surface area (Å²) in [4.78, 5) is 159. The SMILES string of the molecule is CCC[C@H]1O[C@@H](n2cnc3c2NC(N)=NC3N)CC1OP([O-])(=S)OC[C@H]1O[C@@H](n2cc(C)c(N)nc2=O)[C@@H](OCCOC)C1OP(=O)([O-])OC[C@H]1O[C@@H](n2cnc3c(N)ncnc32)[C@@H](OCCOC)C1OP(=O)([O-])OC[C@H]1O[C@@H](n2cc(C)c(=O)[nH]c2=O)[C@@H](OCCOC)C1OP(=O)([S-])OC[C@H]1O[C@@H](n2cnc3c(N)ncnc32)[C@@H](OCCOC)C1OP([O-])(=S)OC[C@H]1O[C@@H](n2cc(C)c(N)nc2=O)[C@@H](OCCOC)C1O. The molecule has 7 aliphatic rings. The van der Waals surface area contributed by atoms with Gasteiger partial charge in [0.2, 0.25) is 0 Å². The Balaban J connectivity index is 0.718. The van der Waals surface area contributed by atoms with Gasteiger partial charge >= 0.3 is 17.1 Å². The van der Waals surface area contributed by atoms with Crippen LogP contribution in [0.2, 0.25) is 0 Å². The van der Waals surface area contributed by atoms with E-state index < -0.39 is 252 Å². The van der Waals surface area contributed by atoms with E-state index in [9.17, 15) is 29.2 Å². The van der Waals surface area contributed by atoms with Crippen LogP contribution < -0.4 is 81.9 Å². The van der Waals surface area contributed by atoms with Gasteiger partial charge in [0.15, 0.2) is 66.8 Å². The van der Waals surface area contributed by atoms with Gasteiger partial charge in [-0.15, -0.1) is 0 Å². The number of aliphatic imine (C=N–C) groups is 1. The lowest BCUT2D eigenvalue weighted by Crippen LogP contribution is -2.42. The van der Waals surface area contributed by atoms with Crippen LogP contribution in [-0.2, 0) is 171 Å². The van der Waals surface area contributed by atoms with Crippen LogP contribution in [0.4, 0.5) is 29.1 Å². The van der Waals surface area contributed by atoms with Crippen molar-refractivity contribution in [1.29, 1.82) is 0 Å². The van der Waals surface area contributed by atoms with E-state index in [1.54, 1.807) is 11.5 Å². The smallest absolute Gasteiger partial charge is 0.351 e. The molecular formula is C77H110N24O38P5S3-5. The number of guanidine groups is 1. The number of hydrogen-bond donors (Lipinski definition) is 9. The molecule has 6 fully saturated rings. The molecule has 0 saturated carbocycles. The minimum absolute atomic E-state index is 0.00348. The van der Waals surface area contributed by atoms with Crippen LogP contribution >= 0.6 is 35.9 Å². The highest BCUT2D eigenvalue weighted by Gasteiger charge is 2.57. The number of ether oxygens (including phenoxy) is 16. The highest BCUT2D eigenvalue weighted by molar-refractivity contribution is 8.32. The number of phosphoric ester groups is 2. The zero-order valence-corrected chi connectivity index (χ0v) is 86.8. The summed E-state index contributed by atoms with van der Waals surface area (Å²) in [6, 6.07) is 0. The average molecular weight is 2230 g/mol. The number of nitrogens with two attached hydrogens (primary N) is 6. The Morgan fingerprint density at radius 2 is 0.857 bits per heavy atom. The van der Waals surface area contributed by atoms with E-state index in [2.05, 4.69) is 60.1 Å². The van der Waals surface area contributed by atoms with E-state index in [0.29, 0.717) is 29.9 Å². The van der Waals surface area contributed by atoms with Gasteiger partial charge in [0.05, 0.1) is 130 Å². The Kier molecular flexibility index (Phi) is 37.9. The molecule has 0 amide bonds. The second-order valence-electron chi connectivity index (χ2n) is 33.9. The maximum atomic E-state index is 15.6. The fourth-order valence-electron chi connectivity index (χ4n) is 17.1. The van der Waals surface area contributed by atoms with Crippen molar-refractivity contribution < 1.29 is 159 Å². The van der Waals surface area contributed by atoms with Crippen molar-refractivity contribution in [2.24, 2.45) is 16.5 Å². The third kappa shape index (κ3) is 26.7. The molecule has 6 saturated heterocycles. The van der Waals surface area contributed by atoms with Crippen molar-refractivity contribution in [2.45, 2.75) is 194 Å². The maximum absolute atomic E-state index is 15.6. The predicted molar refractivity (Wildman–Crippen MR) is 505 cm³/mol. The van der Waals surface area contributed by atoms with Crippen LogP contribution in [-0.4, -0.2) is 327 Å². The summed E-state index contributed by atoms with van der Waals surface area (Å²) >= 11 is 16.9. The van der Waals surface area contributed by atoms with Crippen LogP contribution in [0.3, 0.4) is 0 Å². The number of aromatic nitrogens is 16.